The third-order valence-corrected chi connectivity index (χ3v) is 6.58. The summed E-state index contributed by atoms with van der Waals surface area (Å²) in [5.41, 5.74) is 1.12. The summed E-state index contributed by atoms with van der Waals surface area (Å²) in [5.74, 6) is 1.61. The molecule has 1 aliphatic rings. The van der Waals surface area contributed by atoms with Crippen molar-refractivity contribution >= 4 is 27.4 Å². The summed E-state index contributed by atoms with van der Waals surface area (Å²) in [7, 11) is 1.68. The number of ether oxygens (including phenoxy) is 1. The summed E-state index contributed by atoms with van der Waals surface area (Å²) in [6.07, 6.45) is -0.759. The van der Waals surface area contributed by atoms with Gasteiger partial charge in [0.2, 0.25) is 0 Å². The standard InChI is InChI=1S/C22H25F3N4OS/c1-30-19-7-3-2-5-15(19)13-26-16-6-4-9-29(10-8-16)20-18-11-17(12-22(23,24)25)31-21(18)28-14-27-20/h2-3,5,7,11,14,16,26H,4,6,8-10,12-13H2,1H3. The van der Waals surface area contributed by atoms with Crippen LogP contribution in [0.2, 0.25) is 0 Å². The molecule has 3 aromatic rings. The van der Waals surface area contributed by atoms with E-state index in [1.54, 1.807) is 13.2 Å². The third-order valence-electron chi connectivity index (χ3n) is 5.54. The number of alkyl halides is 3. The summed E-state index contributed by atoms with van der Waals surface area (Å²) in [6, 6.07) is 9.93. The highest BCUT2D eigenvalue weighted by Gasteiger charge is 2.29. The predicted molar refractivity (Wildman–Crippen MR) is 117 cm³/mol. The number of fused-ring (bicyclic) bond motifs is 1. The molecule has 0 aliphatic carbocycles. The molecule has 0 saturated carbocycles. The van der Waals surface area contributed by atoms with Gasteiger partial charge in [-0.2, -0.15) is 13.2 Å². The molecule has 2 aromatic heterocycles. The number of aromatic nitrogens is 2. The number of nitrogens with zero attached hydrogens (tertiary/aromatic N) is 3. The molecule has 0 spiro atoms. The molecular weight excluding hydrogens is 425 g/mol. The van der Waals surface area contributed by atoms with Crippen molar-refractivity contribution in [1.82, 2.24) is 15.3 Å². The fraction of sp³-hybridized carbons (Fsp3) is 0.455. The number of para-hydroxylation sites is 1. The molecule has 31 heavy (non-hydrogen) atoms. The molecule has 0 amide bonds. The summed E-state index contributed by atoms with van der Waals surface area (Å²) in [5, 5.41) is 4.34. The Hall–Kier alpha value is -2.39. The van der Waals surface area contributed by atoms with Gasteiger partial charge in [-0.15, -0.1) is 11.3 Å². The molecule has 1 atom stereocenters. The second kappa shape index (κ2) is 9.40. The number of halogens is 3. The number of anilines is 1. The van der Waals surface area contributed by atoms with E-state index in [0.717, 1.165) is 67.4 Å². The van der Waals surface area contributed by atoms with Gasteiger partial charge in [0.1, 0.15) is 22.7 Å². The number of thiophene rings is 1. The second-order valence-electron chi connectivity index (χ2n) is 7.73. The van der Waals surface area contributed by atoms with Crippen molar-refractivity contribution in [2.24, 2.45) is 0 Å². The Morgan fingerprint density at radius 2 is 2.03 bits per heavy atom. The lowest BCUT2D eigenvalue weighted by Gasteiger charge is -2.22. The zero-order chi connectivity index (χ0) is 21.8. The van der Waals surface area contributed by atoms with Gasteiger partial charge >= 0.3 is 6.18 Å². The molecule has 3 heterocycles. The zero-order valence-corrected chi connectivity index (χ0v) is 18.1. The maximum absolute atomic E-state index is 12.8. The van der Waals surface area contributed by atoms with E-state index >= 15 is 0 Å². The predicted octanol–water partition coefficient (Wildman–Crippen LogP) is 4.95. The molecule has 9 heteroatoms. The molecule has 1 aromatic carbocycles. The highest BCUT2D eigenvalue weighted by molar-refractivity contribution is 7.18. The number of benzene rings is 1. The number of nitrogens with one attached hydrogen (secondary N) is 1. The van der Waals surface area contributed by atoms with Crippen molar-refractivity contribution in [2.75, 3.05) is 25.1 Å². The normalized spacial score (nSPS) is 17.7. The highest BCUT2D eigenvalue weighted by atomic mass is 32.1. The second-order valence-corrected chi connectivity index (χ2v) is 8.84. The lowest BCUT2D eigenvalue weighted by atomic mass is 10.1. The Balaban J connectivity index is 1.43. The van der Waals surface area contributed by atoms with E-state index in [9.17, 15) is 13.2 Å². The molecule has 1 unspecified atom stereocenters. The highest BCUT2D eigenvalue weighted by Crippen LogP contribution is 2.34. The number of rotatable bonds is 6. The van der Waals surface area contributed by atoms with Gasteiger partial charge in [-0.05, 0) is 31.4 Å². The smallest absolute Gasteiger partial charge is 0.393 e. The minimum atomic E-state index is -4.22. The van der Waals surface area contributed by atoms with Crippen LogP contribution in [0.15, 0.2) is 36.7 Å². The Morgan fingerprint density at radius 1 is 1.19 bits per heavy atom. The number of methoxy groups -OCH3 is 1. The quantitative estimate of drug-likeness (QED) is 0.576. The van der Waals surface area contributed by atoms with Gasteiger partial charge in [0.15, 0.2) is 0 Å². The lowest BCUT2D eigenvalue weighted by Crippen LogP contribution is -2.31. The first-order chi connectivity index (χ1) is 14.9. The molecule has 0 bridgehead atoms. The van der Waals surface area contributed by atoms with Crippen molar-refractivity contribution in [2.45, 2.75) is 44.4 Å². The van der Waals surface area contributed by atoms with E-state index in [2.05, 4.69) is 26.3 Å². The summed E-state index contributed by atoms with van der Waals surface area (Å²) in [4.78, 5) is 11.7. The first-order valence-electron chi connectivity index (χ1n) is 10.3. The van der Waals surface area contributed by atoms with Gasteiger partial charge in [-0.3, -0.25) is 0 Å². The van der Waals surface area contributed by atoms with Crippen molar-refractivity contribution in [3.05, 3.63) is 47.1 Å². The van der Waals surface area contributed by atoms with Gasteiger partial charge in [0.25, 0.3) is 0 Å². The first-order valence-corrected chi connectivity index (χ1v) is 11.1. The molecule has 1 saturated heterocycles. The Morgan fingerprint density at radius 3 is 2.84 bits per heavy atom. The van der Waals surface area contributed by atoms with Crippen LogP contribution >= 0.6 is 11.3 Å². The Labute approximate surface area is 183 Å². The molecule has 1 N–H and O–H groups in total. The van der Waals surface area contributed by atoms with Gasteiger partial charge in [0.05, 0.1) is 18.9 Å². The maximum atomic E-state index is 12.8. The van der Waals surface area contributed by atoms with Crippen LogP contribution in [0.5, 0.6) is 5.75 Å². The number of hydrogen-bond acceptors (Lipinski definition) is 6. The molecule has 166 valence electrons. The first kappa shape index (κ1) is 21.8. The molecule has 0 radical (unpaired) electrons. The van der Waals surface area contributed by atoms with E-state index in [1.807, 2.05) is 18.2 Å². The molecule has 1 aliphatic heterocycles. The fourth-order valence-electron chi connectivity index (χ4n) is 4.05. The Bertz CT molecular complexity index is 1020. The van der Waals surface area contributed by atoms with Gasteiger partial charge in [-0.1, -0.05) is 18.2 Å². The van der Waals surface area contributed by atoms with Crippen LogP contribution in [0.4, 0.5) is 19.0 Å². The average molecular weight is 451 g/mol. The van der Waals surface area contributed by atoms with Gasteiger partial charge in [0, 0.05) is 36.1 Å². The van der Waals surface area contributed by atoms with Gasteiger partial charge in [-0.25, -0.2) is 9.97 Å². The van der Waals surface area contributed by atoms with Crippen LogP contribution < -0.4 is 15.0 Å². The minimum Gasteiger partial charge on any atom is -0.496 e. The van der Waals surface area contributed by atoms with E-state index in [0.29, 0.717) is 16.3 Å². The SMILES string of the molecule is COc1ccccc1CNC1CCCN(c2ncnc3sc(CC(F)(F)F)cc23)CC1. The van der Waals surface area contributed by atoms with E-state index < -0.39 is 12.6 Å². The average Bonchev–Trinajstić information content (AvgIpc) is 2.99. The van der Waals surface area contributed by atoms with E-state index in [4.69, 9.17) is 4.74 Å². The minimum absolute atomic E-state index is 0.274. The summed E-state index contributed by atoms with van der Waals surface area (Å²) < 4.78 is 43.9. The fourth-order valence-corrected chi connectivity index (χ4v) is 5.07. The monoisotopic (exact) mass is 450 g/mol. The van der Waals surface area contributed by atoms with Crippen LogP contribution in [0.25, 0.3) is 10.2 Å². The molecule has 1 fully saturated rings. The lowest BCUT2D eigenvalue weighted by molar-refractivity contribution is -0.126. The molecule has 4 rings (SSSR count). The topological polar surface area (TPSA) is 50.3 Å². The molecule has 5 nitrogen and oxygen atoms in total. The largest absolute Gasteiger partial charge is 0.496 e. The van der Waals surface area contributed by atoms with Crippen molar-refractivity contribution in [1.29, 1.82) is 0 Å². The van der Waals surface area contributed by atoms with Crippen LogP contribution in [0.1, 0.15) is 29.7 Å². The zero-order valence-electron chi connectivity index (χ0n) is 17.3. The third kappa shape index (κ3) is 5.46. The molecular formula is C22H25F3N4OS. The maximum Gasteiger partial charge on any atom is 0.393 e. The van der Waals surface area contributed by atoms with Crippen molar-refractivity contribution in [3.8, 4) is 5.75 Å². The number of hydrogen-bond donors (Lipinski definition) is 1. The van der Waals surface area contributed by atoms with Crippen LogP contribution in [-0.2, 0) is 13.0 Å². The Kier molecular flexibility index (Phi) is 6.62. The summed E-state index contributed by atoms with van der Waals surface area (Å²) >= 11 is 1.10. The van der Waals surface area contributed by atoms with Crippen molar-refractivity contribution in [3.63, 3.8) is 0 Å². The van der Waals surface area contributed by atoms with Gasteiger partial charge < -0.3 is 15.0 Å². The van der Waals surface area contributed by atoms with Crippen molar-refractivity contribution < 1.29 is 17.9 Å². The van der Waals surface area contributed by atoms with Crippen LogP contribution in [0.3, 0.4) is 0 Å². The van der Waals surface area contributed by atoms with E-state index in [1.165, 1.54) is 6.33 Å². The van der Waals surface area contributed by atoms with E-state index in [-0.39, 0.29) is 4.88 Å². The summed E-state index contributed by atoms with van der Waals surface area (Å²) in [6.45, 7) is 2.35. The van der Waals surface area contributed by atoms with Crippen LogP contribution in [0, 0.1) is 0 Å². The van der Waals surface area contributed by atoms with Crippen LogP contribution in [-0.4, -0.2) is 42.4 Å².